The van der Waals surface area contributed by atoms with Crippen molar-refractivity contribution >= 4 is 17.2 Å². The number of halogens is 1. The third kappa shape index (κ3) is 1.81. The minimum atomic E-state index is 0.361. The number of nitrogens with zero attached hydrogens (tertiary/aromatic N) is 2. The highest BCUT2D eigenvalue weighted by atomic mass is 35.5. The van der Waals surface area contributed by atoms with E-state index < -0.39 is 0 Å². The summed E-state index contributed by atoms with van der Waals surface area (Å²) in [5.74, 6) is 0.660. The van der Waals surface area contributed by atoms with E-state index in [-0.39, 0.29) is 0 Å². The van der Waals surface area contributed by atoms with Gasteiger partial charge in [0.25, 0.3) is 0 Å². The molecule has 0 aromatic carbocycles. The highest BCUT2D eigenvalue weighted by Gasteiger charge is 2.08. The molecule has 0 spiro atoms. The van der Waals surface area contributed by atoms with Crippen molar-refractivity contribution in [3.05, 3.63) is 47.4 Å². The van der Waals surface area contributed by atoms with Gasteiger partial charge >= 0.3 is 0 Å². The predicted molar refractivity (Wildman–Crippen MR) is 65.8 cm³/mol. The largest absolute Gasteiger partial charge is 0.443 e. The Labute approximate surface area is 103 Å². The van der Waals surface area contributed by atoms with Crippen molar-refractivity contribution in [3.8, 4) is 11.5 Å². The number of imidazole rings is 1. The van der Waals surface area contributed by atoms with Gasteiger partial charge in [0.1, 0.15) is 11.3 Å². The molecule has 2 N–H and O–H groups in total. The molecule has 0 aliphatic carbocycles. The molecule has 5 heteroatoms. The summed E-state index contributed by atoms with van der Waals surface area (Å²) in [6, 6.07) is 7.42. The van der Waals surface area contributed by atoms with Crippen molar-refractivity contribution in [3.63, 3.8) is 0 Å². The Kier molecular flexibility index (Phi) is 2.39. The van der Waals surface area contributed by atoms with Gasteiger partial charge in [0.05, 0.1) is 0 Å². The van der Waals surface area contributed by atoms with Crippen LogP contribution in [0.25, 0.3) is 17.1 Å². The fourth-order valence-electron chi connectivity index (χ4n) is 1.72. The summed E-state index contributed by atoms with van der Waals surface area (Å²) in [6.07, 6.45) is 3.82. The van der Waals surface area contributed by atoms with Gasteiger partial charge in [0, 0.05) is 18.9 Å². The van der Waals surface area contributed by atoms with Crippen LogP contribution in [0.15, 0.2) is 41.1 Å². The van der Waals surface area contributed by atoms with Crippen LogP contribution in [-0.2, 0) is 6.54 Å². The van der Waals surface area contributed by atoms with Gasteiger partial charge in [-0.3, -0.25) is 0 Å². The molecule has 0 radical (unpaired) electrons. The highest BCUT2D eigenvalue weighted by molar-refractivity contribution is 6.28. The van der Waals surface area contributed by atoms with Gasteiger partial charge in [-0.2, -0.15) is 0 Å². The molecule has 17 heavy (non-hydrogen) atoms. The average Bonchev–Trinajstić information content (AvgIpc) is 2.93. The Hall–Kier alpha value is -1.78. The standard InChI is InChI=1S/C12H10ClN3O/c13-11-2-1-10(17-11)9-7-16-4-3-8(6-14)5-12(16)15-9/h1-5,7H,6,14H2. The van der Waals surface area contributed by atoms with E-state index in [4.69, 9.17) is 21.8 Å². The molecule has 4 nitrogen and oxygen atoms in total. The normalized spacial score (nSPS) is 11.2. The summed E-state index contributed by atoms with van der Waals surface area (Å²) in [4.78, 5) is 4.46. The smallest absolute Gasteiger partial charge is 0.194 e. The Morgan fingerprint density at radius 2 is 2.24 bits per heavy atom. The second kappa shape index (κ2) is 3.91. The lowest BCUT2D eigenvalue weighted by Crippen LogP contribution is -1.96. The first-order valence-corrected chi connectivity index (χ1v) is 5.57. The molecule has 0 bridgehead atoms. The Morgan fingerprint density at radius 3 is 2.94 bits per heavy atom. The zero-order valence-electron chi connectivity index (χ0n) is 8.93. The summed E-state index contributed by atoms with van der Waals surface area (Å²) in [5, 5.41) is 0.361. The first-order valence-electron chi connectivity index (χ1n) is 5.19. The Morgan fingerprint density at radius 1 is 1.35 bits per heavy atom. The van der Waals surface area contributed by atoms with Crippen LogP contribution < -0.4 is 5.73 Å². The fourth-order valence-corrected chi connectivity index (χ4v) is 1.87. The van der Waals surface area contributed by atoms with E-state index in [0.717, 1.165) is 16.9 Å². The van der Waals surface area contributed by atoms with Crippen LogP contribution in [0.2, 0.25) is 5.22 Å². The molecule has 0 aliphatic heterocycles. The van der Waals surface area contributed by atoms with Crippen LogP contribution in [0.5, 0.6) is 0 Å². The van der Waals surface area contributed by atoms with Crippen LogP contribution in [-0.4, -0.2) is 9.38 Å². The lowest BCUT2D eigenvalue weighted by Gasteiger charge is -1.96. The Balaban J connectivity index is 2.13. The monoisotopic (exact) mass is 247 g/mol. The van der Waals surface area contributed by atoms with Crippen LogP contribution in [0, 0.1) is 0 Å². The van der Waals surface area contributed by atoms with Crippen LogP contribution in [0.1, 0.15) is 5.56 Å². The molecule has 86 valence electrons. The second-order valence-electron chi connectivity index (χ2n) is 3.73. The quantitative estimate of drug-likeness (QED) is 0.758. The van der Waals surface area contributed by atoms with E-state index in [2.05, 4.69) is 4.98 Å². The number of hydrogen-bond donors (Lipinski definition) is 1. The van der Waals surface area contributed by atoms with Gasteiger partial charge < -0.3 is 14.6 Å². The maximum atomic E-state index is 5.74. The lowest BCUT2D eigenvalue weighted by molar-refractivity contribution is 0.582. The predicted octanol–water partition coefficient (Wildman–Crippen LogP) is 2.71. The van der Waals surface area contributed by atoms with Crippen LogP contribution >= 0.6 is 11.6 Å². The summed E-state index contributed by atoms with van der Waals surface area (Å²) in [5.41, 5.74) is 8.24. The third-order valence-corrected chi connectivity index (χ3v) is 2.79. The zero-order valence-corrected chi connectivity index (χ0v) is 9.69. The van der Waals surface area contributed by atoms with E-state index >= 15 is 0 Å². The molecule has 0 saturated carbocycles. The van der Waals surface area contributed by atoms with E-state index in [0.29, 0.717) is 17.5 Å². The first-order chi connectivity index (χ1) is 8.26. The summed E-state index contributed by atoms with van der Waals surface area (Å²) in [6.45, 7) is 0.505. The SMILES string of the molecule is NCc1ccn2cc(-c3ccc(Cl)o3)nc2c1. The summed E-state index contributed by atoms with van der Waals surface area (Å²) >= 11 is 5.74. The number of rotatable bonds is 2. The van der Waals surface area contributed by atoms with Gasteiger partial charge in [-0.1, -0.05) is 0 Å². The van der Waals surface area contributed by atoms with Gasteiger partial charge in [0.15, 0.2) is 11.0 Å². The first kappa shape index (κ1) is 10.4. The van der Waals surface area contributed by atoms with Crippen molar-refractivity contribution in [2.75, 3.05) is 0 Å². The van der Waals surface area contributed by atoms with Gasteiger partial charge in [0.2, 0.25) is 0 Å². The van der Waals surface area contributed by atoms with Gasteiger partial charge in [-0.15, -0.1) is 0 Å². The molecule has 3 rings (SSSR count). The molecule has 0 saturated heterocycles. The molecule has 0 atom stereocenters. The van der Waals surface area contributed by atoms with Crippen molar-refractivity contribution < 1.29 is 4.42 Å². The molecule has 3 aromatic rings. The van der Waals surface area contributed by atoms with Gasteiger partial charge in [-0.25, -0.2) is 4.98 Å². The molecular weight excluding hydrogens is 238 g/mol. The molecule has 3 aromatic heterocycles. The fraction of sp³-hybridized carbons (Fsp3) is 0.0833. The summed E-state index contributed by atoms with van der Waals surface area (Å²) in [7, 11) is 0. The lowest BCUT2D eigenvalue weighted by atomic mass is 10.3. The molecule has 0 unspecified atom stereocenters. The average molecular weight is 248 g/mol. The number of hydrogen-bond acceptors (Lipinski definition) is 3. The molecule has 0 aliphatic rings. The van der Waals surface area contributed by atoms with Crippen molar-refractivity contribution in [1.82, 2.24) is 9.38 Å². The van der Waals surface area contributed by atoms with E-state index in [1.807, 2.05) is 28.9 Å². The topological polar surface area (TPSA) is 56.5 Å². The molecule has 0 amide bonds. The van der Waals surface area contributed by atoms with E-state index in [9.17, 15) is 0 Å². The van der Waals surface area contributed by atoms with Gasteiger partial charge in [-0.05, 0) is 41.4 Å². The third-order valence-electron chi connectivity index (χ3n) is 2.59. The highest BCUT2D eigenvalue weighted by Crippen LogP contribution is 2.24. The number of nitrogens with two attached hydrogens (primary N) is 1. The molecule has 0 fully saturated rings. The van der Waals surface area contributed by atoms with Crippen molar-refractivity contribution in [2.45, 2.75) is 6.54 Å². The minimum Gasteiger partial charge on any atom is -0.443 e. The minimum absolute atomic E-state index is 0.361. The summed E-state index contributed by atoms with van der Waals surface area (Å²) < 4.78 is 7.24. The maximum Gasteiger partial charge on any atom is 0.194 e. The second-order valence-corrected chi connectivity index (χ2v) is 4.11. The molecular formula is C12H10ClN3O. The van der Waals surface area contributed by atoms with Crippen molar-refractivity contribution in [1.29, 1.82) is 0 Å². The number of furan rings is 1. The number of pyridine rings is 1. The zero-order chi connectivity index (χ0) is 11.8. The molecule has 3 heterocycles. The van der Waals surface area contributed by atoms with Crippen molar-refractivity contribution in [2.24, 2.45) is 5.73 Å². The maximum absolute atomic E-state index is 5.74. The Bertz CT molecular complexity index is 671. The number of aromatic nitrogens is 2. The van der Waals surface area contributed by atoms with Crippen LogP contribution in [0.3, 0.4) is 0 Å². The van der Waals surface area contributed by atoms with E-state index in [1.165, 1.54) is 0 Å². The number of fused-ring (bicyclic) bond motifs is 1. The van der Waals surface area contributed by atoms with E-state index in [1.54, 1.807) is 12.1 Å². The van der Waals surface area contributed by atoms with Crippen LogP contribution in [0.4, 0.5) is 0 Å².